The number of aryl methyl sites for hydroxylation is 1. The van der Waals surface area contributed by atoms with Crippen molar-refractivity contribution in [3.05, 3.63) is 77.1 Å². The summed E-state index contributed by atoms with van der Waals surface area (Å²) in [6, 6.07) is 16.2. The molecule has 152 valence electrons. The number of carbonyl (C=O) groups excluding carboxylic acids is 1. The van der Waals surface area contributed by atoms with Gasteiger partial charge in [-0.05, 0) is 28.7 Å². The van der Waals surface area contributed by atoms with Gasteiger partial charge in [0.1, 0.15) is 12.2 Å². The molecule has 5 rings (SSSR count). The molecule has 1 aliphatic carbocycles. The Balaban J connectivity index is 1.25. The smallest absolute Gasteiger partial charge is 0.407 e. The second-order valence-electron chi connectivity index (χ2n) is 7.69. The highest BCUT2D eigenvalue weighted by Gasteiger charge is 2.30. The molecule has 2 aliphatic rings. The van der Waals surface area contributed by atoms with Gasteiger partial charge in [0.25, 0.3) is 0 Å². The Kier molecular flexibility index (Phi) is 4.50. The quantitative estimate of drug-likeness (QED) is 0.696. The van der Waals surface area contributed by atoms with E-state index in [1.807, 2.05) is 24.3 Å². The second kappa shape index (κ2) is 7.33. The SMILES string of the molecule is O=C(NC1CCn2ncc(C(=O)O)c2C1)OCC1c2ccccc2-c2ccccc21. The van der Waals surface area contributed by atoms with E-state index in [-0.39, 0.29) is 24.1 Å². The van der Waals surface area contributed by atoms with Gasteiger partial charge in [-0.25, -0.2) is 9.59 Å². The van der Waals surface area contributed by atoms with Crippen molar-refractivity contribution in [3.63, 3.8) is 0 Å². The molecule has 2 aromatic carbocycles. The van der Waals surface area contributed by atoms with Crippen LogP contribution in [0.5, 0.6) is 0 Å². The molecule has 0 radical (unpaired) electrons. The second-order valence-corrected chi connectivity index (χ2v) is 7.69. The molecule has 1 atom stereocenters. The molecule has 1 aliphatic heterocycles. The Labute approximate surface area is 173 Å². The van der Waals surface area contributed by atoms with Gasteiger partial charge in [-0.3, -0.25) is 4.68 Å². The van der Waals surface area contributed by atoms with Gasteiger partial charge in [0.05, 0.1) is 11.9 Å². The number of carbonyl (C=O) groups is 2. The van der Waals surface area contributed by atoms with Gasteiger partial charge in [0, 0.05) is 24.9 Å². The van der Waals surface area contributed by atoms with Crippen LogP contribution >= 0.6 is 0 Å². The monoisotopic (exact) mass is 403 g/mol. The third-order valence-electron chi connectivity index (χ3n) is 5.97. The zero-order chi connectivity index (χ0) is 20.7. The maximum absolute atomic E-state index is 12.5. The highest BCUT2D eigenvalue weighted by atomic mass is 16.5. The van der Waals surface area contributed by atoms with E-state index in [4.69, 9.17) is 4.74 Å². The highest BCUT2D eigenvalue weighted by Crippen LogP contribution is 2.44. The number of amides is 1. The number of benzene rings is 2. The van der Waals surface area contributed by atoms with Gasteiger partial charge < -0.3 is 15.2 Å². The van der Waals surface area contributed by atoms with Crippen molar-refractivity contribution in [1.29, 1.82) is 0 Å². The summed E-state index contributed by atoms with van der Waals surface area (Å²) in [6.07, 6.45) is 1.99. The molecular weight excluding hydrogens is 382 g/mol. The molecule has 1 aromatic heterocycles. The number of rotatable bonds is 4. The first-order valence-electron chi connectivity index (χ1n) is 10.0. The number of hydrogen-bond acceptors (Lipinski definition) is 4. The van der Waals surface area contributed by atoms with Crippen LogP contribution in [0, 0.1) is 0 Å². The van der Waals surface area contributed by atoms with E-state index in [2.05, 4.69) is 34.7 Å². The number of ether oxygens (including phenoxy) is 1. The van der Waals surface area contributed by atoms with Crippen LogP contribution < -0.4 is 5.32 Å². The molecule has 1 unspecified atom stereocenters. The van der Waals surface area contributed by atoms with E-state index < -0.39 is 12.1 Å². The number of hydrogen-bond donors (Lipinski definition) is 2. The van der Waals surface area contributed by atoms with Gasteiger partial charge in [-0.15, -0.1) is 0 Å². The van der Waals surface area contributed by atoms with Crippen LogP contribution in [0.4, 0.5) is 4.79 Å². The lowest BCUT2D eigenvalue weighted by molar-refractivity contribution is 0.0695. The molecule has 1 amide bonds. The fourth-order valence-corrected chi connectivity index (χ4v) is 4.54. The minimum absolute atomic E-state index is 0.00884. The van der Waals surface area contributed by atoms with Crippen molar-refractivity contribution in [3.8, 4) is 11.1 Å². The molecule has 7 heteroatoms. The van der Waals surface area contributed by atoms with E-state index in [1.165, 1.54) is 28.5 Å². The Hall–Kier alpha value is -3.61. The number of nitrogens with zero attached hydrogens (tertiary/aromatic N) is 2. The normalized spacial score (nSPS) is 17.0. The van der Waals surface area contributed by atoms with Gasteiger partial charge in [-0.2, -0.15) is 5.10 Å². The highest BCUT2D eigenvalue weighted by molar-refractivity contribution is 5.88. The standard InChI is InChI=1S/C23H21N3O4/c27-22(28)19-12-24-26-10-9-14(11-21(19)26)25-23(29)30-13-20-17-7-3-1-5-15(17)16-6-2-4-8-18(16)20/h1-8,12,14,20H,9-11,13H2,(H,25,29)(H,27,28). The molecule has 0 fully saturated rings. The first-order chi connectivity index (χ1) is 14.6. The molecule has 7 nitrogen and oxygen atoms in total. The first-order valence-corrected chi connectivity index (χ1v) is 10.0. The average Bonchev–Trinajstić information content (AvgIpc) is 3.31. The largest absolute Gasteiger partial charge is 0.478 e. The number of fused-ring (bicyclic) bond motifs is 4. The summed E-state index contributed by atoms with van der Waals surface area (Å²) < 4.78 is 7.29. The minimum Gasteiger partial charge on any atom is -0.478 e. The van der Waals surface area contributed by atoms with Crippen molar-refractivity contribution < 1.29 is 19.4 Å². The minimum atomic E-state index is -1.00. The van der Waals surface area contributed by atoms with E-state index >= 15 is 0 Å². The lowest BCUT2D eigenvalue weighted by Crippen LogP contribution is -2.41. The summed E-state index contributed by atoms with van der Waals surface area (Å²) in [7, 11) is 0. The lowest BCUT2D eigenvalue weighted by atomic mass is 9.98. The molecule has 0 bridgehead atoms. The van der Waals surface area contributed by atoms with Crippen LogP contribution in [0.2, 0.25) is 0 Å². The predicted molar refractivity (Wildman–Crippen MR) is 110 cm³/mol. The predicted octanol–water partition coefficient (Wildman–Crippen LogP) is 3.43. The third kappa shape index (κ3) is 3.12. The molecule has 0 spiro atoms. The number of nitrogens with one attached hydrogen (secondary N) is 1. The van der Waals surface area contributed by atoms with E-state index in [0.717, 1.165) is 0 Å². The number of aromatic carboxylic acids is 1. The average molecular weight is 403 g/mol. The summed E-state index contributed by atoms with van der Waals surface area (Å²) in [5, 5.41) is 16.3. The molecule has 30 heavy (non-hydrogen) atoms. The number of carboxylic acids is 1. The Morgan fingerprint density at radius 2 is 1.77 bits per heavy atom. The Morgan fingerprint density at radius 1 is 1.10 bits per heavy atom. The van der Waals surface area contributed by atoms with Crippen molar-refractivity contribution in [2.24, 2.45) is 0 Å². The van der Waals surface area contributed by atoms with Crippen LogP contribution in [0.25, 0.3) is 11.1 Å². The van der Waals surface area contributed by atoms with Crippen molar-refractivity contribution in [2.45, 2.75) is 31.3 Å². The van der Waals surface area contributed by atoms with Crippen LogP contribution in [0.1, 0.15) is 39.5 Å². The summed E-state index contributed by atoms with van der Waals surface area (Å²) >= 11 is 0. The number of carboxylic acid groups (broad SMARTS) is 1. The summed E-state index contributed by atoms with van der Waals surface area (Å²) in [5.74, 6) is -0.993. The fraction of sp³-hybridized carbons (Fsp3) is 0.261. The summed E-state index contributed by atoms with van der Waals surface area (Å²) in [4.78, 5) is 23.8. The fourth-order valence-electron chi connectivity index (χ4n) is 4.54. The molecule has 0 saturated heterocycles. The zero-order valence-corrected chi connectivity index (χ0v) is 16.2. The summed E-state index contributed by atoms with van der Waals surface area (Å²) in [5.41, 5.74) is 5.53. The first kappa shape index (κ1) is 18.4. The third-order valence-corrected chi connectivity index (χ3v) is 5.97. The molecule has 2 N–H and O–H groups in total. The number of alkyl carbamates (subject to hydrolysis) is 1. The van der Waals surface area contributed by atoms with Crippen LogP contribution in [-0.2, 0) is 17.7 Å². The molecule has 2 heterocycles. The number of aromatic nitrogens is 2. The van der Waals surface area contributed by atoms with E-state index in [9.17, 15) is 14.7 Å². The van der Waals surface area contributed by atoms with E-state index in [1.54, 1.807) is 4.68 Å². The molecule has 0 saturated carbocycles. The lowest BCUT2D eigenvalue weighted by Gasteiger charge is -2.25. The van der Waals surface area contributed by atoms with Crippen LogP contribution in [-0.4, -0.2) is 39.6 Å². The van der Waals surface area contributed by atoms with Gasteiger partial charge in [0.2, 0.25) is 0 Å². The molecular formula is C23H21N3O4. The van der Waals surface area contributed by atoms with Crippen molar-refractivity contribution >= 4 is 12.1 Å². The maximum atomic E-state index is 12.5. The van der Waals surface area contributed by atoms with Gasteiger partial charge in [0.15, 0.2) is 0 Å². The van der Waals surface area contributed by atoms with Crippen LogP contribution in [0.3, 0.4) is 0 Å². The van der Waals surface area contributed by atoms with E-state index in [0.29, 0.717) is 25.1 Å². The van der Waals surface area contributed by atoms with Crippen molar-refractivity contribution in [2.75, 3.05) is 6.61 Å². The van der Waals surface area contributed by atoms with Gasteiger partial charge >= 0.3 is 12.1 Å². The Morgan fingerprint density at radius 3 is 2.43 bits per heavy atom. The zero-order valence-electron chi connectivity index (χ0n) is 16.2. The molecule has 3 aromatic rings. The van der Waals surface area contributed by atoms with Crippen LogP contribution in [0.15, 0.2) is 54.7 Å². The topological polar surface area (TPSA) is 93.5 Å². The maximum Gasteiger partial charge on any atom is 0.407 e. The van der Waals surface area contributed by atoms with Crippen molar-refractivity contribution in [1.82, 2.24) is 15.1 Å². The summed E-state index contributed by atoms with van der Waals surface area (Å²) in [6.45, 7) is 0.821. The Bertz CT molecular complexity index is 1090. The van der Waals surface area contributed by atoms with Gasteiger partial charge in [-0.1, -0.05) is 48.5 Å².